The fourth-order valence-corrected chi connectivity index (χ4v) is 0.602. The van der Waals surface area contributed by atoms with Crippen LogP contribution in [0.3, 0.4) is 0 Å². The summed E-state index contributed by atoms with van der Waals surface area (Å²) < 4.78 is 0. The van der Waals surface area contributed by atoms with Gasteiger partial charge >= 0.3 is 5.97 Å². The van der Waals surface area contributed by atoms with Crippen LogP contribution in [-0.2, 0) is 4.79 Å². The zero-order valence-corrected chi connectivity index (χ0v) is 6.18. The van der Waals surface area contributed by atoms with Crippen LogP contribution in [0.1, 0.15) is 32.6 Å². The lowest BCUT2D eigenvalue weighted by molar-refractivity contribution is -0.130. The van der Waals surface area contributed by atoms with Crippen molar-refractivity contribution in [2.45, 2.75) is 32.6 Å². The van der Waals surface area contributed by atoms with E-state index in [-0.39, 0.29) is 0 Å². The molecule has 0 fully saturated rings. The van der Waals surface area contributed by atoms with E-state index in [4.69, 9.17) is 5.11 Å². The van der Waals surface area contributed by atoms with Gasteiger partial charge in [-0.2, -0.15) is 0 Å². The maximum atomic E-state index is 9.86. The van der Waals surface area contributed by atoms with Gasteiger partial charge in [-0.25, -0.2) is 4.79 Å². The first-order valence-electron chi connectivity index (χ1n) is 3.49. The summed E-state index contributed by atoms with van der Waals surface area (Å²) in [6.07, 6.45) is 4.00. The fourth-order valence-electron chi connectivity index (χ4n) is 0.602. The molecule has 0 unspecified atom stereocenters. The normalized spacial score (nSPS) is 8.10. The first-order valence-corrected chi connectivity index (χ1v) is 3.49. The maximum Gasteiger partial charge on any atom is 0.381 e. The fraction of sp³-hybridized carbons (Fsp3) is 0.625. The van der Waals surface area contributed by atoms with E-state index in [9.17, 15) is 4.79 Å². The lowest BCUT2D eigenvalue weighted by Crippen LogP contribution is -1.86. The van der Waals surface area contributed by atoms with Crippen molar-refractivity contribution in [1.82, 2.24) is 0 Å². The number of carbonyl (C=O) groups is 1. The topological polar surface area (TPSA) is 37.3 Å². The van der Waals surface area contributed by atoms with Gasteiger partial charge < -0.3 is 5.11 Å². The van der Waals surface area contributed by atoms with Gasteiger partial charge in [-0.1, -0.05) is 25.7 Å². The molecule has 0 aliphatic rings. The lowest BCUT2D eigenvalue weighted by atomic mass is 10.1. The molecule has 1 N–H and O–H groups in total. The Balaban J connectivity index is 3.20. The molecule has 0 atom stereocenters. The van der Waals surface area contributed by atoms with Crippen molar-refractivity contribution in [2.75, 3.05) is 0 Å². The SMILES string of the molecule is CCCCCC#C[11C](=O)O. The van der Waals surface area contributed by atoms with Crippen LogP contribution < -0.4 is 0 Å². The van der Waals surface area contributed by atoms with Crippen LogP contribution >= 0.6 is 0 Å². The first-order chi connectivity index (χ1) is 4.77. The molecule has 0 saturated heterocycles. The Hall–Kier alpha value is -0.970. The summed E-state index contributed by atoms with van der Waals surface area (Å²) in [7, 11) is 0. The van der Waals surface area contributed by atoms with E-state index in [2.05, 4.69) is 18.8 Å². The van der Waals surface area contributed by atoms with Crippen molar-refractivity contribution in [3.05, 3.63) is 0 Å². The zero-order valence-electron chi connectivity index (χ0n) is 6.18. The minimum Gasteiger partial charge on any atom is -0.472 e. The number of unbranched alkanes of at least 4 members (excludes halogenated alkanes) is 3. The number of carboxylic acids is 1. The monoisotopic (exact) mass is 139 g/mol. The molecule has 0 heterocycles. The molecular weight excluding hydrogens is 127 g/mol. The van der Waals surface area contributed by atoms with E-state index in [1.807, 2.05) is 0 Å². The van der Waals surface area contributed by atoms with Gasteiger partial charge in [0, 0.05) is 12.3 Å². The highest BCUT2D eigenvalue weighted by Gasteiger charge is 1.83. The Labute approximate surface area is 61.2 Å². The Bertz CT molecular complexity index is 150. The third-order valence-corrected chi connectivity index (χ3v) is 1.10. The summed E-state index contributed by atoms with van der Waals surface area (Å²) >= 11 is 0. The van der Waals surface area contributed by atoms with Gasteiger partial charge in [0.25, 0.3) is 0 Å². The highest BCUT2D eigenvalue weighted by atomic mass is 16.3. The average Bonchev–Trinajstić information content (AvgIpc) is 1.87. The van der Waals surface area contributed by atoms with E-state index in [1.54, 1.807) is 0 Å². The van der Waals surface area contributed by atoms with Crippen LogP contribution in [0.5, 0.6) is 0 Å². The Morgan fingerprint density at radius 3 is 2.70 bits per heavy atom. The van der Waals surface area contributed by atoms with Gasteiger partial charge in [0.2, 0.25) is 0 Å². The molecule has 0 spiro atoms. The van der Waals surface area contributed by atoms with Crippen molar-refractivity contribution >= 4 is 5.97 Å². The average molecular weight is 139 g/mol. The minimum absolute atomic E-state index is 0.708. The summed E-state index contributed by atoms with van der Waals surface area (Å²) in [5.41, 5.74) is 0. The third kappa shape index (κ3) is 7.03. The molecule has 0 aromatic carbocycles. The van der Waals surface area contributed by atoms with Crippen LogP contribution in [0.15, 0.2) is 0 Å². The number of rotatable bonds is 3. The minimum atomic E-state index is -1.03. The lowest BCUT2D eigenvalue weighted by Gasteiger charge is -1.87. The van der Waals surface area contributed by atoms with Crippen LogP contribution in [0.4, 0.5) is 0 Å². The second kappa shape index (κ2) is 6.15. The number of hydrogen-bond acceptors (Lipinski definition) is 1. The maximum absolute atomic E-state index is 9.86. The molecule has 0 radical (unpaired) electrons. The van der Waals surface area contributed by atoms with Gasteiger partial charge in [0.05, 0.1) is 0 Å². The summed E-state index contributed by atoms with van der Waals surface area (Å²) in [5.74, 6) is 3.61. The van der Waals surface area contributed by atoms with Crippen molar-refractivity contribution < 1.29 is 9.90 Å². The van der Waals surface area contributed by atoms with Gasteiger partial charge in [0.15, 0.2) is 0 Å². The highest BCUT2D eigenvalue weighted by molar-refractivity contribution is 5.86. The summed E-state index contributed by atoms with van der Waals surface area (Å²) in [5, 5.41) is 8.10. The second-order valence-corrected chi connectivity index (χ2v) is 2.06. The van der Waals surface area contributed by atoms with Gasteiger partial charge in [0.1, 0.15) is 0 Å². The number of carboxylic acid groups (broad SMARTS) is 1. The smallest absolute Gasteiger partial charge is 0.381 e. The summed E-state index contributed by atoms with van der Waals surface area (Å²) in [6.45, 7) is 2.10. The Morgan fingerprint density at radius 1 is 1.50 bits per heavy atom. The Morgan fingerprint density at radius 2 is 2.20 bits per heavy atom. The molecule has 56 valence electrons. The van der Waals surface area contributed by atoms with Crippen LogP contribution in [0.2, 0.25) is 0 Å². The molecule has 0 amide bonds. The zero-order chi connectivity index (χ0) is 7.82. The quantitative estimate of drug-likeness (QED) is 0.477. The van der Waals surface area contributed by atoms with Crippen molar-refractivity contribution in [2.24, 2.45) is 0 Å². The van der Waals surface area contributed by atoms with Gasteiger partial charge in [-0.15, -0.1) is 0 Å². The second-order valence-electron chi connectivity index (χ2n) is 2.06. The largest absolute Gasteiger partial charge is 0.472 e. The molecule has 0 rings (SSSR count). The first kappa shape index (κ1) is 9.03. The molecule has 10 heavy (non-hydrogen) atoms. The van der Waals surface area contributed by atoms with E-state index in [0.29, 0.717) is 6.42 Å². The molecule has 0 bridgehead atoms. The standard InChI is InChI=1S/C8H12O2/c1-2-3-4-5-6-7-8(9)10/h2-5H2,1H3,(H,9,10)/i8-1. The summed E-state index contributed by atoms with van der Waals surface area (Å²) in [6, 6.07) is 0. The van der Waals surface area contributed by atoms with Crippen molar-refractivity contribution in [3.63, 3.8) is 0 Å². The molecule has 0 aliphatic carbocycles. The van der Waals surface area contributed by atoms with Gasteiger partial charge in [-0.3, -0.25) is 0 Å². The molecule has 2 nitrogen and oxygen atoms in total. The van der Waals surface area contributed by atoms with E-state index in [0.717, 1.165) is 19.3 Å². The molecular formula is C8H12O2. The highest BCUT2D eigenvalue weighted by Crippen LogP contribution is 1.96. The van der Waals surface area contributed by atoms with Crippen LogP contribution in [0.25, 0.3) is 0 Å². The van der Waals surface area contributed by atoms with Crippen LogP contribution in [0, 0.1) is 11.8 Å². The van der Waals surface area contributed by atoms with Crippen molar-refractivity contribution in [1.29, 1.82) is 0 Å². The molecule has 2 heteroatoms. The van der Waals surface area contributed by atoms with Crippen molar-refractivity contribution in [3.8, 4) is 11.8 Å². The molecule has 0 aromatic rings. The predicted octanol–water partition coefficient (Wildman–Crippen LogP) is 1.65. The molecule has 0 saturated carbocycles. The van der Waals surface area contributed by atoms with E-state index in [1.165, 1.54) is 0 Å². The van der Waals surface area contributed by atoms with E-state index >= 15 is 0 Å². The Kier molecular flexibility index (Phi) is 5.56. The predicted molar refractivity (Wildman–Crippen MR) is 39.6 cm³/mol. The summed E-state index contributed by atoms with van der Waals surface area (Å²) in [4.78, 5) is 9.86. The van der Waals surface area contributed by atoms with Gasteiger partial charge in [-0.05, 0) is 6.42 Å². The number of aliphatic carboxylic acids is 1. The number of hydrogen-bond donors (Lipinski definition) is 1. The van der Waals surface area contributed by atoms with E-state index < -0.39 is 5.97 Å². The molecule has 0 aliphatic heterocycles. The van der Waals surface area contributed by atoms with Crippen LogP contribution in [-0.4, -0.2) is 11.1 Å². The molecule has 0 aromatic heterocycles. The third-order valence-electron chi connectivity index (χ3n) is 1.10.